The summed E-state index contributed by atoms with van der Waals surface area (Å²) in [5.74, 6) is -0.246. The zero-order chi connectivity index (χ0) is 20.5. The second-order valence-corrected chi connectivity index (χ2v) is 6.96. The van der Waals surface area contributed by atoms with E-state index in [1.54, 1.807) is 43.8 Å². The molecule has 0 saturated heterocycles. The monoisotopic (exact) mass is 394 g/mol. The number of alkyl halides is 3. The van der Waals surface area contributed by atoms with E-state index in [2.05, 4.69) is 25.7 Å². The topological polar surface area (TPSA) is 87.9 Å². The second kappa shape index (κ2) is 7.27. The standard InChI is InChI=1S/C18H21F3N6O/c1-4-22-15-12(18(19,20)21)9-23-16(26-15)25-13-6-5-7-14-11(13)8-24-27(14)10-17(2,3)28/h5-9,28H,4,10H2,1-3H3,(H2,22,23,25,26). The number of benzene rings is 1. The highest BCUT2D eigenvalue weighted by Gasteiger charge is 2.35. The van der Waals surface area contributed by atoms with Gasteiger partial charge in [0.05, 0.1) is 29.5 Å². The summed E-state index contributed by atoms with van der Waals surface area (Å²) in [7, 11) is 0. The first-order valence-electron chi connectivity index (χ1n) is 8.70. The van der Waals surface area contributed by atoms with E-state index in [1.807, 2.05) is 6.07 Å². The van der Waals surface area contributed by atoms with Crippen molar-refractivity contribution in [2.45, 2.75) is 39.1 Å². The molecule has 0 radical (unpaired) electrons. The summed E-state index contributed by atoms with van der Waals surface area (Å²) in [4.78, 5) is 7.78. The SMILES string of the molecule is CCNc1nc(Nc2cccc3c2cnn3CC(C)(C)O)ncc1C(F)(F)F. The number of hydrogen-bond donors (Lipinski definition) is 3. The molecule has 2 aromatic heterocycles. The number of anilines is 3. The lowest BCUT2D eigenvalue weighted by Gasteiger charge is -2.17. The summed E-state index contributed by atoms with van der Waals surface area (Å²) in [6.45, 7) is 5.63. The highest BCUT2D eigenvalue weighted by atomic mass is 19.4. The van der Waals surface area contributed by atoms with E-state index in [9.17, 15) is 18.3 Å². The molecule has 150 valence electrons. The Bertz CT molecular complexity index is 978. The van der Waals surface area contributed by atoms with Gasteiger partial charge in [-0.1, -0.05) is 6.07 Å². The normalized spacial score (nSPS) is 12.4. The Morgan fingerprint density at radius 3 is 2.57 bits per heavy atom. The van der Waals surface area contributed by atoms with Gasteiger partial charge in [-0.15, -0.1) is 0 Å². The van der Waals surface area contributed by atoms with Gasteiger partial charge in [0.15, 0.2) is 0 Å². The number of aliphatic hydroxyl groups is 1. The molecule has 2 heterocycles. The molecule has 0 atom stereocenters. The first-order chi connectivity index (χ1) is 13.1. The van der Waals surface area contributed by atoms with Crippen molar-refractivity contribution in [1.82, 2.24) is 19.7 Å². The fourth-order valence-corrected chi connectivity index (χ4v) is 2.78. The lowest BCUT2D eigenvalue weighted by Crippen LogP contribution is -2.26. The maximum atomic E-state index is 13.1. The lowest BCUT2D eigenvalue weighted by molar-refractivity contribution is -0.137. The molecule has 0 aliphatic heterocycles. The minimum absolute atomic E-state index is 0.0340. The third kappa shape index (κ3) is 4.33. The van der Waals surface area contributed by atoms with Crippen molar-refractivity contribution in [2.24, 2.45) is 0 Å². The molecule has 3 aromatic rings. The Morgan fingerprint density at radius 1 is 1.18 bits per heavy atom. The zero-order valence-corrected chi connectivity index (χ0v) is 15.7. The van der Waals surface area contributed by atoms with Gasteiger partial charge in [-0.3, -0.25) is 4.68 Å². The summed E-state index contributed by atoms with van der Waals surface area (Å²) in [6.07, 6.45) is -2.17. The minimum Gasteiger partial charge on any atom is -0.389 e. The van der Waals surface area contributed by atoms with Gasteiger partial charge in [0, 0.05) is 18.1 Å². The van der Waals surface area contributed by atoms with Gasteiger partial charge in [-0.25, -0.2) is 4.98 Å². The van der Waals surface area contributed by atoms with E-state index < -0.39 is 17.3 Å². The average Bonchev–Trinajstić information content (AvgIpc) is 2.97. The van der Waals surface area contributed by atoms with Crippen molar-refractivity contribution in [3.8, 4) is 0 Å². The first-order valence-corrected chi connectivity index (χ1v) is 8.70. The molecular formula is C18H21F3N6O. The molecule has 0 fully saturated rings. The highest BCUT2D eigenvalue weighted by molar-refractivity contribution is 5.92. The number of nitrogens with zero attached hydrogens (tertiary/aromatic N) is 4. The van der Waals surface area contributed by atoms with Crippen LogP contribution in [0.4, 0.5) is 30.6 Å². The second-order valence-electron chi connectivity index (χ2n) is 6.96. The Hall–Kier alpha value is -2.88. The largest absolute Gasteiger partial charge is 0.421 e. The maximum Gasteiger partial charge on any atom is 0.421 e. The smallest absolute Gasteiger partial charge is 0.389 e. The number of rotatable bonds is 6. The van der Waals surface area contributed by atoms with Crippen LogP contribution >= 0.6 is 0 Å². The summed E-state index contributed by atoms with van der Waals surface area (Å²) < 4.78 is 41.0. The molecule has 0 bridgehead atoms. The number of nitrogens with one attached hydrogen (secondary N) is 2. The van der Waals surface area contributed by atoms with Gasteiger partial charge in [0.2, 0.25) is 5.95 Å². The summed E-state index contributed by atoms with van der Waals surface area (Å²) in [5, 5.41) is 20.6. The maximum absolute atomic E-state index is 13.1. The number of halogens is 3. The molecule has 28 heavy (non-hydrogen) atoms. The van der Waals surface area contributed by atoms with Gasteiger partial charge in [-0.05, 0) is 32.9 Å². The van der Waals surface area contributed by atoms with E-state index >= 15 is 0 Å². The molecule has 7 nitrogen and oxygen atoms in total. The van der Waals surface area contributed by atoms with Crippen molar-refractivity contribution in [2.75, 3.05) is 17.2 Å². The van der Waals surface area contributed by atoms with Crippen molar-refractivity contribution in [1.29, 1.82) is 0 Å². The summed E-state index contributed by atoms with van der Waals surface area (Å²) in [5.41, 5.74) is -0.497. The van der Waals surface area contributed by atoms with Crippen LogP contribution in [0.15, 0.2) is 30.6 Å². The van der Waals surface area contributed by atoms with E-state index in [-0.39, 0.29) is 11.8 Å². The number of hydrogen-bond acceptors (Lipinski definition) is 6. The van der Waals surface area contributed by atoms with Crippen LogP contribution in [0.3, 0.4) is 0 Å². The minimum atomic E-state index is -4.55. The van der Waals surface area contributed by atoms with Gasteiger partial charge < -0.3 is 15.7 Å². The Labute approximate surface area is 159 Å². The molecule has 10 heteroatoms. The average molecular weight is 394 g/mol. The van der Waals surface area contributed by atoms with E-state index in [0.29, 0.717) is 18.8 Å². The Morgan fingerprint density at radius 2 is 1.93 bits per heavy atom. The van der Waals surface area contributed by atoms with Gasteiger partial charge >= 0.3 is 6.18 Å². The van der Waals surface area contributed by atoms with Crippen molar-refractivity contribution in [3.05, 3.63) is 36.2 Å². The van der Waals surface area contributed by atoms with Crippen molar-refractivity contribution >= 4 is 28.4 Å². The van der Waals surface area contributed by atoms with Crippen molar-refractivity contribution < 1.29 is 18.3 Å². The van der Waals surface area contributed by atoms with E-state index in [0.717, 1.165) is 17.1 Å². The van der Waals surface area contributed by atoms with Crippen LogP contribution in [0.2, 0.25) is 0 Å². The molecular weight excluding hydrogens is 373 g/mol. The van der Waals surface area contributed by atoms with Gasteiger partial charge in [0.25, 0.3) is 0 Å². The molecule has 3 rings (SSSR count). The Balaban J connectivity index is 1.96. The van der Waals surface area contributed by atoms with E-state index in [4.69, 9.17) is 0 Å². The molecule has 0 unspecified atom stereocenters. The Kier molecular flexibility index (Phi) is 5.16. The van der Waals surface area contributed by atoms with Gasteiger partial charge in [-0.2, -0.15) is 23.3 Å². The van der Waals surface area contributed by atoms with Crippen LogP contribution in [-0.2, 0) is 12.7 Å². The molecule has 0 saturated carbocycles. The molecule has 0 aliphatic rings. The van der Waals surface area contributed by atoms with E-state index in [1.165, 1.54) is 0 Å². The van der Waals surface area contributed by atoms with Gasteiger partial charge in [0.1, 0.15) is 11.4 Å². The predicted molar refractivity (Wildman–Crippen MR) is 101 cm³/mol. The third-order valence-electron chi connectivity index (χ3n) is 3.91. The zero-order valence-electron chi connectivity index (χ0n) is 15.7. The molecule has 0 spiro atoms. The summed E-state index contributed by atoms with van der Waals surface area (Å²) in [6, 6.07) is 5.38. The van der Waals surface area contributed by atoms with Crippen LogP contribution in [0.5, 0.6) is 0 Å². The van der Waals surface area contributed by atoms with Crippen LogP contribution in [-0.4, -0.2) is 37.0 Å². The highest BCUT2D eigenvalue weighted by Crippen LogP contribution is 2.34. The number of fused-ring (bicyclic) bond motifs is 1. The molecule has 0 amide bonds. The van der Waals surface area contributed by atoms with Crippen LogP contribution in [0.1, 0.15) is 26.3 Å². The molecule has 1 aromatic carbocycles. The molecule has 0 aliphatic carbocycles. The summed E-state index contributed by atoms with van der Waals surface area (Å²) >= 11 is 0. The van der Waals surface area contributed by atoms with Crippen LogP contribution in [0, 0.1) is 0 Å². The fraction of sp³-hybridized carbons (Fsp3) is 0.389. The number of aromatic nitrogens is 4. The lowest BCUT2D eigenvalue weighted by atomic mass is 10.1. The third-order valence-corrected chi connectivity index (χ3v) is 3.91. The van der Waals surface area contributed by atoms with Crippen molar-refractivity contribution in [3.63, 3.8) is 0 Å². The predicted octanol–water partition coefficient (Wildman–Crippen LogP) is 3.79. The quantitative estimate of drug-likeness (QED) is 0.590. The van der Waals surface area contributed by atoms with Crippen LogP contribution < -0.4 is 10.6 Å². The van der Waals surface area contributed by atoms with Crippen LogP contribution in [0.25, 0.3) is 10.9 Å². The fourth-order valence-electron chi connectivity index (χ4n) is 2.78. The molecule has 3 N–H and O–H groups in total. The first kappa shape index (κ1) is 19.9.